The lowest BCUT2D eigenvalue weighted by Gasteiger charge is -2.48. The van der Waals surface area contributed by atoms with Crippen molar-refractivity contribution in [3.05, 3.63) is 34.4 Å². The summed E-state index contributed by atoms with van der Waals surface area (Å²) in [4.78, 5) is 17.2. The van der Waals surface area contributed by atoms with E-state index < -0.39 is 0 Å². The van der Waals surface area contributed by atoms with Gasteiger partial charge < -0.3 is 10.6 Å². The lowest BCUT2D eigenvalue weighted by Crippen LogP contribution is -2.60. The lowest BCUT2D eigenvalue weighted by molar-refractivity contribution is -0.131. The average molecular weight is 341 g/mol. The summed E-state index contributed by atoms with van der Waals surface area (Å²) >= 11 is 0. The number of rotatable bonds is 2. The Hall–Kier alpha value is -1.39. The van der Waals surface area contributed by atoms with Gasteiger partial charge in [-0.25, -0.2) is 0 Å². The number of carbonyl (C=O) groups is 1. The largest absolute Gasteiger partial charge is 0.337 e. The van der Waals surface area contributed by atoms with E-state index in [4.69, 9.17) is 5.73 Å². The van der Waals surface area contributed by atoms with Crippen LogP contribution in [0.25, 0.3) is 0 Å². The molecule has 3 heterocycles. The van der Waals surface area contributed by atoms with Crippen LogP contribution in [0.3, 0.4) is 0 Å². The van der Waals surface area contributed by atoms with Crippen LogP contribution < -0.4 is 5.73 Å². The topological polar surface area (TPSA) is 49.6 Å². The molecule has 0 aliphatic carbocycles. The summed E-state index contributed by atoms with van der Waals surface area (Å²) < 4.78 is 0. The highest BCUT2D eigenvalue weighted by Gasteiger charge is 2.43. The third-order valence-electron chi connectivity index (χ3n) is 6.85. The number of nitrogens with zero attached hydrogens (tertiary/aromatic N) is 2. The van der Waals surface area contributed by atoms with Crippen molar-refractivity contribution in [1.29, 1.82) is 0 Å². The van der Waals surface area contributed by atoms with E-state index in [2.05, 4.69) is 42.7 Å². The zero-order valence-corrected chi connectivity index (χ0v) is 15.8. The van der Waals surface area contributed by atoms with Gasteiger partial charge in [0, 0.05) is 38.1 Å². The van der Waals surface area contributed by atoms with Crippen LogP contribution in [0.1, 0.15) is 54.5 Å². The van der Waals surface area contributed by atoms with Gasteiger partial charge in [-0.3, -0.25) is 9.69 Å². The monoisotopic (exact) mass is 341 g/mol. The van der Waals surface area contributed by atoms with Crippen LogP contribution in [-0.2, 0) is 11.2 Å². The van der Waals surface area contributed by atoms with Crippen molar-refractivity contribution in [2.45, 2.75) is 64.6 Å². The molecule has 4 atom stereocenters. The average Bonchev–Trinajstić information content (AvgIpc) is 2.96. The summed E-state index contributed by atoms with van der Waals surface area (Å²) in [5.41, 5.74) is 12.4. The predicted octanol–water partition coefficient (Wildman–Crippen LogP) is 2.56. The molecule has 0 bridgehead atoms. The number of benzene rings is 1. The molecule has 136 valence electrons. The van der Waals surface area contributed by atoms with Crippen LogP contribution in [0.4, 0.5) is 0 Å². The molecule has 3 aliphatic heterocycles. The lowest BCUT2D eigenvalue weighted by atomic mass is 9.81. The second-order valence-electron chi connectivity index (χ2n) is 8.39. The van der Waals surface area contributed by atoms with E-state index in [1.165, 1.54) is 22.3 Å². The van der Waals surface area contributed by atoms with E-state index in [9.17, 15) is 4.79 Å². The van der Waals surface area contributed by atoms with Gasteiger partial charge in [0.25, 0.3) is 0 Å². The van der Waals surface area contributed by atoms with E-state index in [1.807, 2.05) is 0 Å². The number of piperidine rings is 1. The summed E-state index contributed by atoms with van der Waals surface area (Å²) in [6, 6.07) is 5.44. The van der Waals surface area contributed by atoms with Crippen molar-refractivity contribution in [3.63, 3.8) is 0 Å². The minimum absolute atomic E-state index is 0.0772. The van der Waals surface area contributed by atoms with Gasteiger partial charge in [0.15, 0.2) is 0 Å². The number of aryl methyl sites for hydroxylation is 2. The van der Waals surface area contributed by atoms with Crippen LogP contribution in [0.15, 0.2) is 12.1 Å². The molecule has 0 unspecified atom stereocenters. The fraction of sp³-hybridized carbons (Fsp3) is 0.667. The molecule has 1 aromatic carbocycles. The first-order valence-electron chi connectivity index (χ1n) is 9.87. The van der Waals surface area contributed by atoms with Crippen molar-refractivity contribution in [2.75, 3.05) is 19.6 Å². The maximum Gasteiger partial charge on any atom is 0.223 e. The molecular formula is C21H31N3O. The second kappa shape index (κ2) is 6.40. The molecular weight excluding hydrogens is 310 g/mol. The number of amides is 1. The van der Waals surface area contributed by atoms with Gasteiger partial charge in [-0.1, -0.05) is 25.5 Å². The molecule has 0 aromatic heterocycles. The second-order valence-corrected chi connectivity index (χ2v) is 8.39. The number of likely N-dealkylation sites (tertiary alicyclic amines) is 1. The first kappa shape index (κ1) is 17.0. The van der Waals surface area contributed by atoms with E-state index >= 15 is 0 Å². The number of hydrogen-bond donors (Lipinski definition) is 1. The van der Waals surface area contributed by atoms with E-state index in [0.717, 1.165) is 38.9 Å². The number of hydrogen-bond acceptors (Lipinski definition) is 3. The first-order chi connectivity index (χ1) is 12.0. The van der Waals surface area contributed by atoms with Gasteiger partial charge in [-0.2, -0.15) is 0 Å². The Morgan fingerprint density at radius 2 is 1.96 bits per heavy atom. The number of carbonyl (C=O) groups excluding carboxylic acids is 1. The van der Waals surface area contributed by atoms with Crippen LogP contribution in [0.2, 0.25) is 0 Å². The Bertz CT molecular complexity index is 686. The predicted molar refractivity (Wildman–Crippen MR) is 100 cm³/mol. The number of nitrogens with two attached hydrogens (primary N) is 1. The summed E-state index contributed by atoms with van der Waals surface area (Å²) in [6.07, 6.45) is 3.87. The Morgan fingerprint density at radius 1 is 1.20 bits per heavy atom. The highest BCUT2D eigenvalue weighted by atomic mass is 16.2. The molecule has 4 heteroatoms. The van der Waals surface area contributed by atoms with Crippen LogP contribution in [0.5, 0.6) is 0 Å². The van der Waals surface area contributed by atoms with E-state index in [-0.39, 0.29) is 12.1 Å². The minimum atomic E-state index is 0.0772. The molecule has 0 spiro atoms. The highest BCUT2D eigenvalue weighted by Crippen LogP contribution is 2.39. The minimum Gasteiger partial charge on any atom is -0.337 e. The Balaban J connectivity index is 1.57. The smallest absolute Gasteiger partial charge is 0.223 e. The zero-order chi connectivity index (χ0) is 17.7. The third-order valence-corrected chi connectivity index (χ3v) is 6.85. The third kappa shape index (κ3) is 2.89. The molecule has 2 fully saturated rings. The normalized spacial score (nSPS) is 32.6. The molecule has 0 saturated carbocycles. The molecule has 4 nitrogen and oxygen atoms in total. The van der Waals surface area contributed by atoms with E-state index in [1.54, 1.807) is 0 Å². The SMILES string of the molecule is CC[C@H]1CC(=O)N([C@H]2CN3CCc4cc(C)c(C)cc4[C@@H]3C[C@@H]2N)C1. The van der Waals surface area contributed by atoms with Crippen molar-refractivity contribution >= 4 is 5.91 Å². The Labute approximate surface area is 151 Å². The van der Waals surface area contributed by atoms with Gasteiger partial charge in [-0.15, -0.1) is 0 Å². The van der Waals surface area contributed by atoms with Crippen molar-refractivity contribution in [2.24, 2.45) is 11.7 Å². The Kier molecular flexibility index (Phi) is 4.37. The fourth-order valence-electron chi connectivity index (χ4n) is 5.06. The van der Waals surface area contributed by atoms with Crippen molar-refractivity contribution in [3.8, 4) is 0 Å². The Morgan fingerprint density at radius 3 is 2.68 bits per heavy atom. The van der Waals surface area contributed by atoms with Gasteiger partial charge in [-0.05, 0) is 54.9 Å². The van der Waals surface area contributed by atoms with Crippen molar-refractivity contribution in [1.82, 2.24) is 9.80 Å². The molecule has 25 heavy (non-hydrogen) atoms. The summed E-state index contributed by atoms with van der Waals surface area (Å²) in [5.74, 6) is 0.833. The maximum absolute atomic E-state index is 12.5. The van der Waals surface area contributed by atoms with Gasteiger partial charge in [0.05, 0.1) is 6.04 Å². The quantitative estimate of drug-likeness (QED) is 0.899. The van der Waals surface area contributed by atoms with Gasteiger partial charge in [0.1, 0.15) is 0 Å². The highest BCUT2D eigenvalue weighted by molar-refractivity contribution is 5.79. The van der Waals surface area contributed by atoms with Gasteiger partial charge in [0.2, 0.25) is 5.91 Å². The van der Waals surface area contributed by atoms with Gasteiger partial charge >= 0.3 is 0 Å². The zero-order valence-electron chi connectivity index (χ0n) is 15.8. The number of fused-ring (bicyclic) bond motifs is 3. The summed E-state index contributed by atoms with van der Waals surface area (Å²) in [5, 5.41) is 0. The molecule has 2 N–H and O–H groups in total. The van der Waals surface area contributed by atoms with Crippen LogP contribution >= 0.6 is 0 Å². The molecule has 1 aromatic rings. The fourth-order valence-corrected chi connectivity index (χ4v) is 5.06. The molecule has 4 rings (SSSR count). The molecule has 2 saturated heterocycles. The summed E-state index contributed by atoms with van der Waals surface area (Å²) in [6.45, 7) is 9.51. The molecule has 1 amide bonds. The standard InChI is InChI=1S/C21H31N3O/c1-4-15-9-21(25)24(11-15)20-12-23-6-5-16-7-13(2)14(3)8-17(16)19(23)10-18(20)22/h7-8,15,18-20H,4-6,9-12,22H2,1-3H3/t15-,18-,19-,20-/m0/s1. The molecule has 0 radical (unpaired) electrons. The first-order valence-corrected chi connectivity index (χ1v) is 9.87. The van der Waals surface area contributed by atoms with Crippen LogP contribution in [-0.4, -0.2) is 47.4 Å². The molecule has 3 aliphatic rings. The summed E-state index contributed by atoms with van der Waals surface area (Å²) in [7, 11) is 0. The van der Waals surface area contributed by atoms with E-state index in [0.29, 0.717) is 24.3 Å². The maximum atomic E-state index is 12.5. The van der Waals surface area contributed by atoms with Crippen molar-refractivity contribution < 1.29 is 4.79 Å². The van der Waals surface area contributed by atoms with Crippen LogP contribution in [0, 0.1) is 19.8 Å².